The summed E-state index contributed by atoms with van der Waals surface area (Å²) in [4.78, 5) is 23.3. The molecular formula is C16H25N3O2. The summed E-state index contributed by atoms with van der Waals surface area (Å²) in [6.07, 6.45) is 3.26. The summed E-state index contributed by atoms with van der Waals surface area (Å²) in [5, 5.41) is 2.85. The van der Waals surface area contributed by atoms with E-state index >= 15 is 0 Å². The van der Waals surface area contributed by atoms with Crippen molar-refractivity contribution in [1.29, 1.82) is 0 Å². The third-order valence-electron chi connectivity index (χ3n) is 3.81. The lowest BCUT2D eigenvalue weighted by atomic mass is 9.96. The van der Waals surface area contributed by atoms with Gasteiger partial charge in [0.25, 0.3) is 0 Å². The number of primary amides is 1. The highest BCUT2D eigenvalue weighted by Gasteiger charge is 2.12. The quantitative estimate of drug-likeness (QED) is 0.684. The van der Waals surface area contributed by atoms with Gasteiger partial charge in [-0.1, -0.05) is 19.4 Å². The molecule has 0 aliphatic rings. The van der Waals surface area contributed by atoms with E-state index in [1.54, 1.807) is 25.1 Å². The number of nitrogens with one attached hydrogen (secondary N) is 1. The van der Waals surface area contributed by atoms with Crippen molar-refractivity contribution in [2.24, 2.45) is 17.4 Å². The molecule has 5 N–H and O–H groups in total. The van der Waals surface area contributed by atoms with Crippen molar-refractivity contribution in [3.8, 4) is 0 Å². The Balaban J connectivity index is 2.63. The zero-order valence-corrected chi connectivity index (χ0v) is 12.8. The van der Waals surface area contributed by atoms with Gasteiger partial charge in [0.05, 0.1) is 0 Å². The first-order chi connectivity index (χ1) is 9.99. The van der Waals surface area contributed by atoms with E-state index in [2.05, 4.69) is 12.2 Å². The predicted octanol–water partition coefficient (Wildman–Crippen LogP) is 2.19. The SMILES string of the molecule is CCC(CCN)CCC(=O)Nc1cccc(C(N)=O)c1C. The number of rotatable bonds is 8. The minimum Gasteiger partial charge on any atom is -0.366 e. The van der Waals surface area contributed by atoms with Crippen LogP contribution in [0.3, 0.4) is 0 Å². The van der Waals surface area contributed by atoms with Crippen molar-refractivity contribution in [1.82, 2.24) is 0 Å². The molecule has 0 aromatic heterocycles. The van der Waals surface area contributed by atoms with E-state index in [9.17, 15) is 9.59 Å². The van der Waals surface area contributed by atoms with E-state index in [-0.39, 0.29) is 5.91 Å². The minimum absolute atomic E-state index is 0.0461. The largest absolute Gasteiger partial charge is 0.366 e. The fraction of sp³-hybridized carbons (Fsp3) is 0.500. The van der Waals surface area contributed by atoms with Crippen LogP contribution in [0.25, 0.3) is 0 Å². The molecule has 5 nitrogen and oxygen atoms in total. The number of anilines is 1. The van der Waals surface area contributed by atoms with E-state index in [4.69, 9.17) is 11.5 Å². The number of benzene rings is 1. The summed E-state index contributed by atoms with van der Waals surface area (Å²) in [6.45, 7) is 4.54. The van der Waals surface area contributed by atoms with Gasteiger partial charge in [-0.15, -0.1) is 0 Å². The van der Waals surface area contributed by atoms with Crippen molar-refractivity contribution < 1.29 is 9.59 Å². The van der Waals surface area contributed by atoms with E-state index in [0.29, 0.717) is 35.7 Å². The molecule has 1 aromatic carbocycles. The Morgan fingerprint density at radius 2 is 2.00 bits per heavy atom. The topological polar surface area (TPSA) is 98.2 Å². The fourth-order valence-electron chi connectivity index (χ4n) is 2.37. The maximum atomic E-state index is 12.0. The Hall–Kier alpha value is -1.88. The van der Waals surface area contributed by atoms with Gasteiger partial charge < -0.3 is 16.8 Å². The highest BCUT2D eigenvalue weighted by molar-refractivity contribution is 5.98. The van der Waals surface area contributed by atoms with E-state index in [1.165, 1.54) is 0 Å². The first-order valence-electron chi connectivity index (χ1n) is 7.38. The van der Waals surface area contributed by atoms with Gasteiger partial charge in [-0.25, -0.2) is 0 Å². The van der Waals surface area contributed by atoms with Crippen molar-refractivity contribution in [3.63, 3.8) is 0 Å². The zero-order chi connectivity index (χ0) is 15.8. The van der Waals surface area contributed by atoms with Crippen molar-refractivity contribution in [2.45, 2.75) is 39.5 Å². The molecule has 0 fully saturated rings. The molecule has 21 heavy (non-hydrogen) atoms. The molecule has 1 unspecified atom stereocenters. The van der Waals surface area contributed by atoms with Crippen LogP contribution in [-0.2, 0) is 4.79 Å². The second-order valence-corrected chi connectivity index (χ2v) is 5.28. The number of amides is 2. The summed E-state index contributed by atoms with van der Waals surface area (Å²) in [6, 6.07) is 5.14. The summed E-state index contributed by atoms with van der Waals surface area (Å²) < 4.78 is 0. The Kier molecular flexibility index (Phi) is 6.88. The molecule has 5 heteroatoms. The summed E-state index contributed by atoms with van der Waals surface area (Å²) in [7, 11) is 0. The van der Waals surface area contributed by atoms with Crippen LogP contribution in [-0.4, -0.2) is 18.4 Å². The van der Waals surface area contributed by atoms with Gasteiger partial charge in [-0.2, -0.15) is 0 Å². The minimum atomic E-state index is -0.488. The molecule has 0 bridgehead atoms. The first kappa shape index (κ1) is 17.2. The van der Waals surface area contributed by atoms with E-state index in [0.717, 1.165) is 19.3 Å². The normalized spacial score (nSPS) is 12.0. The fourth-order valence-corrected chi connectivity index (χ4v) is 2.37. The molecule has 0 aliphatic heterocycles. The van der Waals surface area contributed by atoms with Crippen LogP contribution in [0.5, 0.6) is 0 Å². The lowest BCUT2D eigenvalue weighted by molar-refractivity contribution is -0.116. The van der Waals surface area contributed by atoms with Gasteiger partial charge in [-0.3, -0.25) is 9.59 Å². The van der Waals surface area contributed by atoms with Crippen LogP contribution in [0.2, 0.25) is 0 Å². The molecule has 0 heterocycles. The lowest BCUT2D eigenvalue weighted by Gasteiger charge is -2.14. The average Bonchev–Trinajstić information content (AvgIpc) is 2.45. The molecule has 1 rings (SSSR count). The Morgan fingerprint density at radius 3 is 2.57 bits per heavy atom. The average molecular weight is 291 g/mol. The number of carbonyl (C=O) groups is 2. The molecule has 0 radical (unpaired) electrons. The van der Waals surface area contributed by atoms with Crippen molar-refractivity contribution in [3.05, 3.63) is 29.3 Å². The molecule has 0 saturated heterocycles. The van der Waals surface area contributed by atoms with Gasteiger partial charge in [0.1, 0.15) is 0 Å². The van der Waals surface area contributed by atoms with Gasteiger partial charge >= 0.3 is 0 Å². The molecular weight excluding hydrogens is 266 g/mol. The van der Waals surface area contributed by atoms with Crippen LogP contribution in [0.15, 0.2) is 18.2 Å². The Labute approximate surface area is 126 Å². The monoisotopic (exact) mass is 291 g/mol. The van der Waals surface area contributed by atoms with Crippen LogP contribution in [0, 0.1) is 12.8 Å². The second-order valence-electron chi connectivity index (χ2n) is 5.28. The molecule has 0 spiro atoms. The van der Waals surface area contributed by atoms with Crippen LogP contribution in [0.4, 0.5) is 5.69 Å². The third kappa shape index (κ3) is 5.19. The third-order valence-corrected chi connectivity index (χ3v) is 3.81. The first-order valence-corrected chi connectivity index (χ1v) is 7.38. The maximum absolute atomic E-state index is 12.0. The van der Waals surface area contributed by atoms with E-state index < -0.39 is 5.91 Å². The molecule has 116 valence electrons. The lowest BCUT2D eigenvalue weighted by Crippen LogP contribution is -2.17. The van der Waals surface area contributed by atoms with E-state index in [1.807, 2.05) is 0 Å². The molecule has 1 aromatic rings. The van der Waals surface area contributed by atoms with Crippen molar-refractivity contribution >= 4 is 17.5 Å². The Bertz CT molecular complexity index is 500. The van der Waals surface area contributed by atoms with Crippen LogP contribution < -0.4 is 16.8 Å². The number of carbonyl (C=O) groups excluding carboxylic acids is 2. The van der Waals surface area contributed by atoms with Crippen LogP contribution >= 0.6 is 0 Å². The highest BCUT2D eigenvalue weighted by Crippen LogP contribution is 2.20. The van der Waals surface area contributed by atoms with Gasteiger partial charge in [-0.05, 0) is 49.9 Å². The molecule has 0 aliphatic carbocycles. The standard InChI is InChI=1S/C16H25N3O2/c1-3-12(9-10-17)7-8-15(20)19-14-6-4-5-13(11(14)2)16(18)21/h4-6,12H,3,7-10,17H2,1-2H3,(H2,18,21)(H,19,20). The molecule has 1 atom stereocenters. The number of hydrogen-bond donors (Lipinski definition) is 3. The Morgan fingerprint density at radius 1 is 1.29 bits per heavy atom. The van der Waals surface area contributed by atoms with Crippen molar-refractivity contribution in [2.75, 3.05) is 11.9 Å². The number of hydrogen-bond acceptors (Lipinski definition) is 3. The maximum Gasteiger partial charge on any atom is 0.249 e. The number of nitrogens with two attached hydrogens (primary N) is 2. The second kappa shape index (κ2) is 8.42. The smallest absolute Gasteiger partial charge is 0.249 e. The van der Waals surface area contributed by atoms with Gasteiger partial charge in [0, 0.05) is 17.7 Å². The summed E-state index contributed by atoms with van der Waals surface area (Å²) in [5.41, 5.74) is 12.6. The summed E-state index contributed by atoms with van der Waals surface area (Å²) >= 11 is 0. The predicted molar refractivity (Wildman–Crippen MR) is 85.0 cm³/mol. The zero-order valence-electron chi connectivity index (χ0n) is 12.8. The highest BCUT2D eigenvalue weighted by atomic mass is 16.2. The summed E-state index contributed by atoms with van der Waals surface area (Å²) in [5.74, 6) is -0.0495. The molecule has 2 amide bonds. The van der Waals surface area contributed by atoms with Crippen LogP contribution in [0.1, 0.15) is 48.5 Å². The van der Waals surface area contributed by atoms with Gasteiger partial charge in [0.2, 0.25) is 11.8 Å². The van der Waals surface area contributed by atoms with Gasteiger partial charge in [0.15, 0.2) is 0 Å². The molecule has 0 saturated carbocycles.